The van der Waals surface area contributed by atoms with E-state index >= 15 is 0 Å². The summed E-state index contributed by atoms with van der Waals surface area (Å²) < 4.78 is 23.0. The summed E-state index contributed by atoms with van der Waals surface area (Å²) in [6.07, 6.45) is 3.16. The number of nitrogens with zero attached hydrogens (tertiary/aromatic N) is 2. The number of sulfone groups is 1. The van der Waals surface area contributed by atoms with E-state index in [1.165, 1.54) is 11.8 Å². The summed E-state index contributed by atoms with van der Waals surface area (Å²) in [6, 6.07) is 15.1. The molecule has 9 heteroatoms. The molecule has 7 nitrogen and oxygen atoms in total. The molecule has 2 aromatic carbocycles. The van der Waals surface area contributed by atoms with Crippen molar-refractivity contribution in [2.75, 3.05) is 6.26 Å². The lowest BCUT2D eigenvalue weighted by Crippen LogP contribution is -1.96. The number of thioether (sulfide) groups is 1. The van der Waals surface area contributed by atoms with E-state index in [2.05, 4.69) is 27.5 Å². The van der Waals surface area contributed by atoms with Crippen molar-refractivity contribution < 1.29 is 18.0 Å². The highest BCUT2D eigenvalue weighted by atomic mass is 32.2. The maximum atomic E-state index is 11.5. The van der Waals surface area contributed by atoms with Crippen LogP contribution < -0.4 is 0 Å². The van der Waals surface area contributed by atoms with Crippen LogP contribution in [-0.2, 0) is 25.2 Å². The van der Waals surface area contributed by atoms with Gasteiger partial charge in [0, 0.05) is 12.0 Å². The summed E-state index contributed by atoms with van der Waals surface area (Å²) in [5.74, 6) is 0.819. The Balaban J connectivity index is 0.000000758. The van der Waals surface area contributed by atoms with Crippen LogP contribution in [0.3, 0.4) is 0 Å². The molecule has 0 aliphatic rings. The van der Waals surface area contributed by atoms with Gasteiger partial charge in [0.2, 0.25) is 0 Å². The van der Waals surface area contributed by atoms with E-state index in [0.717, 1.165) is 21.9 Å². The number of hydrogen-bond donors (Lipinski definition) is 1. The highest BCUT2D eigenvalue weighted by molar-refractivity contribution is 7.98. The molecule has 0 fully saturated rings. The van der Waals surface area contributed by atoms with Crippen molar-refractivity contribution >= 4 is 27.8 Å². The molecule has 1 N–H and O–H groups in total. The Labute approximate surface area is 154 Å². The average Bonchev–Trinajstić information content (AvgIpc) is 3.14. The molecule has 0 atom stereocenters. The SMILES string of the molecule is CS(=O)(=O)c1ccc(-c2ccc(CSc3cn[nH]n3)cc2)cc1.O=C=O. The molecular formula is C17H15N3O4S2. The number of hydrogen-bond acceptors (Lipinski definition) is 7. The van der Waals surface area contributed by atoms with Crippen molar-refractivity contribution in [3.8, 4) is 11.1 Å². The molecule has 0 unspecified atom stereocenters. The number of rotatable bonds is 5. The number of H-pyrrole nitrogens is 1. The molecule has 0 saturated carbocycles. The van der Waals surface area contributed by atoms with E-state index < -0.39 is 9.84 Å². The average molecular weight is 389 g/mol. The van der Waals surface area contributed by atoms with Crippen LogP contribution in [0.15, 0.2) is 64.6 Å². The van der Waals surface area contributed by atoms with Crippen LogP contribution in [0.2, 0.25) is 0 Å². The van der Waals surface area contributed by atoms with Crippen molar-refractivity contribution in [2.45, 2.75) is 15.7 Å². The third-order valence-corrected chi connectivity index (χ3v) is 5.45. The maximum Gasteiger partial charge on any atom is 0.373 e. The molecule has 26 heavy (non-hydrogen) atoms. The minimum absolute atomic E-state index is 0.250. The third kappa shape index (κ3) is 5.66. The van der Waals surface area contributed by atoms with Gasteiger partial charge in [-0.1, -0.05) is 48.2 Å². The summed E-state index contributed by atoms with van der Waals surface area (Å²) in [5.41, 5.74) is 3.24. The summed E-state index contributed by atoms with van der Waals surface area (Å²) >= 11 is 1.61. The molecule has 0 amide bonds. The smallest absolute Gasteiger partial charge is 0.224 e. The number of aromatic amines is 1. The largest absolute Gasteiger partial charge is 0.373 e. The monoisotopic (exact) mass is 389 g/mol. The van der Waals surface area contributed by atoms with Crippen molar-refractivity contribution in [1.82, 2.24) is 15.4 Å². The van der Waals surface area contributed by atoms with Crippen LogP contribution in [0.4, 0.5) is 0 Å². The van der Waals surface area contributed by atoms with Crippen molar-refractivity contribution in [2.24, 2.45) is 0 Å². The van der Waals surface area contributed by atoms with Crippen molar-refractivity contribution in [3.63, 3.8) is 0 Å². The Morgan fingerprint density at radius 3 is 2.00 bits per heavy atom. The molecule has 134 valence electrons. The zero-order chi connectivity index (χ0) is 19.0. The Morgan fingerprint density at radius 2 is 1.54 bits per heavy atom. The summed E-state index contributed by atoms with van der Waals surface area (Å²) in [6.45, 7) is 0. The van der Waals surface area contributed by atoms with Gasteiger partial charge in [-0.05, 0) is 28.8 Å². The van der Waals surface area contributed by atoms with Crippen molar-refractivity contribution in [1.29, 1.82) is 0 Å². The first-order chi connectivity index (χ1) is 12.4. The van der Waals surface area contributed by atoms with Gasteiger partial charge in [0.15, 0.2) is 9.84 Å². The fourth-order valence-corrected chi connectivity index (χ4v) is 3.48. The van der Waals surface area contributed by atoms with E-state index in [4.69, 9.17) is 9.59 Å². The maximum absolute atomic E-state index is 11.5. The van der Waals surface area contributed by atoms with Gasteiger partial charge in [-0.15, -0.1) is 5.10 Å². The van der Waals surface area contributed by atoms with E-state index in [1.807, 2.05) is 24.3 Å². The first kappa shape index (κ1) is 19.6. The predicted molar refractivity (Wildman–Crippen MR) is 95.9 cm³/mol. The van der Waals surface area contributed by atoms with Gasteiger partial charge in [0.05, 0.1) is 11.1 Å². The lowest BCUT2D eigenvalue weighted by Gasteiger charge is -2.05. The third-order valence-electron chi connectivity index (χ3n) is 3.35. The lowest BCUT2D eigenvalue weighted by molar-refractivity contribution is -0.191. The Morgan fingerprint density at radius 1 is 1.00 bits per heavy atom. The molecule has 0 saturated heterocycles. The first-order valence-corrected chi connectivity index (χ1v) is 10.2. The second-order valence-electron chi connectivity index (χ2n) is 5.17. The predicted octanol–water partition coefficient (Wildman–Crippen LogP) is 2.58. The molecule has 1 aromatic heterocycles. The normalized spacial score (nSPS) is 10.5. The molecule has 1 heterocycles. The van der Waals surface area contributed by atoms with Gasteiger partial charge < -0.3 is 0 Å². The lowest BCUT2D eigenvalue weighted by atomic mass is 10.0. The molecule has 0 bridgehead atoms. The molecule has 3 rings (SSSR count). The number of carbonyl (C=O) groups excluding carboxylic acids is 2. The number of benzene rings is 2. The second kappa shape index (κ2) is 9.10. The second-order valence-corrected chi connectivity index (χ2v) is 8.19. The van der Waals surface area contributed by atoms with Crippen LogP contribution in [0, 0.1) is 0 Å². The topological polar surface area (TPSA) is 110 Å². The van der Waals surface area contributed by atoms with Crippen LogP contribution in [0.5, 0.6) is 0 Å². The van der Waals surface area contributed by atoms with Crippen LogP contribution >= 0.6 is 11.8 Å². The Hall–Kier alpha value is -2.74. The van der Waals surface area contributed by atoms with E-state index in [-0.39, 0.29) is 6.15 Å². The van der Waals surface area contributed by atoms with Gasteiger partial charge >= 0.3 is 6.15 Å². The highest BCUT2D eigenvalue weighted by Gasteiger charge is 2.07. The molecule has 0 aliphatic carbocycles. The molecule has 0 aliphatic heterocycles. The van der Waals surface area contributed by atoms with Gasteiger partial charge in [-0.25, -0.2) is 8.42 Å². The Bertz CT molecular complexity index is 962. The van der Waals surface area contributed by atoms with Gasteiger partial charge in [0.1, 0.15) is 5.03 Å². The van der Waals surface area contributed by atoms with Gasteiger partial charge in [-0.2, -0.15) is 19.9 Å². The van der Waals surface area contributed by atoms with Gasteiger partial charge in [0.25, 0.3) is 0 Å². The van der Waals surface area contributed by atoms with Gasteiger partial charge in [-0.3, -0.25) is 0 Å². The van der Waals surface area contributed by atoms with Crippen molar-refractivity contribution in [3.05, 3.63) is 60.3 Å². The summed E-state index contributed by atoms with van der Waals surface area (Å²) in [7, 11) is -3.15. The molecular weight excluding hydrogens is 374 g/mol. The first-order valence-electron chi connectivity index (χ1n) is 7.31. The van der Waals surface area contributed by atoms with E-state index in [1.54, 1.807) is 30.1 Å². The van der Waals surface area contributed by atoms with Crippen LogP contribution in [0.1, 0.15) is 5.56 Å². The number of nitrogens with one attached hydrogen (secondary N) is 1. The quantitative estimate of drug-likeness (QED) is 0.668. The zero-order valence-corrected chi connectivity index (χ0v) is 15.4. The van der Waals surface area contributed by atoms with E-state index in [0.29, 0.717) is 4.90 Å². The summed E-state index contributed by atoms with van der Waals surface area (Å²) in [4.78, 5) is 16.6. The zero-order valence-electron chi connectivity index (χ0n) is 13.7. The minimum Gasteiger partial charge on any atom is -0.224 e. The molecule has 0 radical (unpaired) electrons. The molecule has 3 aromatic rings. The number of aromatic nitrogens is 3. The summed E-state index contributed by atoms with van der Waals surface area (Å²) in [5, 5.41) is 11.2. The fourth-order valence-electron chi connectivity index (χ4n) is 2.11. The Kier molecular flexibility index (Phi) is 6.85. The fraction of sp³-hybridized carbons (Fsp3) is 0.118. The van der Waals surface area contributed by atoms with Crippen LogP contribution in [0.25, 0.3) is 11.1 Å². The highest BCUT2D eigenvalue weighted by Crippen LogP contribution is 2.24. The minimum atomic E-state index is -3.15. The standard InChI is InChI=1S/C16H15N3O2S2.CO2/c1-23(20,21)15-8-6-14(7-9-15)13-4-2-12(3-5-13)11-22-16-10-17-19-18-16;2-1-3/h2-10H,11H2,1H3,(H,17,18,19);. The van der Waals surface area contributed by atoms with E-state index in [9.17, 15) is 8.42 Å². The van der Waals surface area contributed by atoms with Crippen LogP contribution in [-0.4, -0.2) is 36.2 Å². The molecule has 0 spiro atoms.